The maximum atomic E-state index is 13.1. The molecule has 4 nitrogen and oxygen atoms in total. The molecule has 0 saturated carbocycles. The minimum Gasteiger partial charge on any atom is -0.404 e. The van der Waals surface area contributed by atoms with Gasteiger partial charge in [-0.25, -0.2) is 12.8 Å². The molecule has 0 amide bonds. The van der Waals surface area contributed by atoms with Gasteiger partial charge < -0.3 is 4.74 Å². The summed E-state index contributed by atoms with van der Waals surface area (Å²) in [5, 5.41) is 0. The molecule has 0 unspecified atom stereocenters. The van der Waals surface area contributed by atoms with Gasteiger partial charge in [0.1, 0.15) is 10.7 Å². The van der Waals surface area contributed by atoms with Gasteiger partial charge in [-0.05, 0) is 59.5 Å². The first-order chi connectivity index (χ1) is 14.1. The lowest BCUT2D eigenvalue weighted by atomic mass is 10.1. The Morgan fingerprint density at radius 3 is 2.23 bits per heavy atom. The van der Waals surface area contributed by atoms with Crippen LogP contribution in [-0.2, 0) is 16.4 Å². The number of halogens is 4. The van der Waals surface area contributed by atoms with Gasteiger partial charge in [-0.2, -0.15) is 0 Å². The van der Waals surface area contributed by atoms with Gasteiger partial charge in [0.25, 0.3) is 10.0 Å². The molecule has 3 aromatic carbocycles. The van der Waals surface area contributed by atoms with Crippen LogP contribution in [0.1, 0.15) is 12.5 Å². The number of sulfonamides is 1. The van der Waals surface area contributed by atoms with Crippen molar-refractivity contribution >= 4 is 15.7 Å². The van der Waals surface area contributed by atoms with Crippen LogP contribution in [0.15, 0.2) is 71.6 Å². The molecule has 1 N–H and O–H groups in total. The molecule has 0 heterocycles. The monoisotopic (exact) mass is 439 g/mol. The number of nitrogens with one attached hydrogen (secondary N) is 1. The van der Waals surface area contributed by atoms with Gasteiger partial charge >= 0.3 is 6.36 Å². The normalized spacial score (nSPS) is 11.9. The molecular weight excluding hydrogens is 422 g/mol. The minimum absolute atomic E-state index is 0.218. The molecule has 30 heavy (non-hydrogen) atoms. The number of alkyl halides is 3. The molecule has 3 aromatic rings. The summed E-state index contributed by atoms with van der Waals surface area (Å²) in [6.07, 6.45) is -4.45. The summed E-state index contributed by atoms with van der Waals surface area (Å²) in [6, 6.07) is 14.9. The van der Waals surface area contributed by atoms with Crippen molar-refractivity contribution in [3.63, 3.8) is 0 Å². The molecule has 158 valence electrons. The van der Waals surface area contributed by atoms with E-state index in [0.717, 1.165) is 29.8 Å². The fourth-order valence-corrected chi connectivity index (χ4v) is 3.98. The van der Waals surface area contributed by atoms with E-state index in [1.54, 1.807) is 18.2 Å². The summed E-state index contributed by atoms with van der Waals surface area (Å²) >= 11 is 0. The van der Waals surface area contributed by atoms with Gasteiger partial charge in [0.15, 0.2) is 5.75 Å². The van der Waals surface area contributed by atoms with E-state index in [9.17, 15) is 26.0 Å². The van der Waals surface area contributed by atoms with Crippen molar-refractivity contribution in [2.24, 2.45) is 0 Å². The number of hydrogen-bond donors (Lipinski definition) is 1. The first-order valence-electron chi connectivity index (χ1n) is 8.85. The van der Waals surface area contributed by atoms with Gasteiger partial charge in [0.2, 0.25) is 0 Å². The molecule has 0 spiro atoms. The van der Waals surface area contributed by atoms with Crippen molar-refractivity contribution in [1.82, 2.24) is 0 Å². The van der Waals surface area contributed by atoms with Gasteiger partial charge in [-0.1, -0.05) is 37.3 Å². The first kappa shape index (κ1) is 21.6. The van der Waals surface area contributed by atoms with Crippen LogP contribution >= 0.6 is 0 Å². The van der Waals surface area contributed by atoms with Gasteiger partial charge in [-0.15, -0.1) is 13.2 Å². The van der Waals surface area contributed by atoms with Gasteiger partial charge in [0.05, 0.1) is 0 Å². The van der Waals surface area contributed by atoms with Crippen LogP contribution in [0, 0.1) is 5.82 Å². The van der Waals surface area contributed by atoms with E-state index >= 15 is 0 Å². The summed E-state index contributed by atoms with van der Waals surface area (Å²) in [4.78, 5) is -0.674. The second kappa shape index (κ2) is 8.35. The standard InChI is InChI=1S/C21H17F4NO3S/c1-2-14-4-3-5-18(12-14)26-30(27,28)20-11-8-16(13-19(20)29-21(23,24)25)15-6-9-17(22)10-7-15/h3-13,26H,2H2,1H3. The summed E-state index contributed by atoms with van der Waals surface area (Å²) in [5.74, 6) is -1.40. The van der Waals surface area contributed by atoms with Crippen LogP contribution in [0.4, 0.5) is 23.2 Å². The zero-order valence-corrected chi connectivity index (χ0v) is 16.5. The maximum Gasteiger partial charge on any atom is 0.573 e. The van der Waals surface area contributed by atoms with E-state index in [1.807, 2.05) is 6.92 Å². The number of ether oxygens (including phenoxy) is 1. The Bertz CT molecular complexity index is 1140. The first-order valence-corrected chi connectivity index (χ1v) is 10.3. The second-order valence-corrected chi connectivity index (χ2v) is 8.03. The van der Waals surface area contributed by atoms with Crippen LogP contribution < -0.4 is 9.46 Å². The van der Waals surface area contributed by atoms with Crippen molar-refractivity contribution < 1.29 is 30.7 Å². The Hall–Kier alpha value is -3.07. The maximum absolute atomic E-state index is 13.1. The van der Waals surface area contributed by atoms with Crippen molar-refractivity contribution in [1.29, 1.82) is 0 Å². The van der Waals surface area contributed by atoms with Crippen LogP contribution in [0.5, 0.6) is 5.75 Å². The summed E-state index contributed by atoms with van der Waals surface area (Å²) < 4.78 is 83.8. The van der Waals surface area contributed by atoms with Crippen LogP contribution in [-0.4, -0.2) is 14.8 Å². The quantitative estimate of drug-likeness (QED) is 0.497. The highest BCUT2D eigenvalue weighted by Gasteiger charge is 2.34. The Labute approximate surface area is 171 Å². The molecule has 0 atom stereocenters. The highest BCUT2D eigenvalue weighted by atomic mass is 32.2. The molecule has 0 saturated heterocycles. The molecule has 0 aliphatic heterocycles. The van der Waals surface area contributed by atoms with E-state index in [1.165, 1.54) is 24.3 Å². The summed E-state index contributed by atoms with van der Waals surface area (Å²) in [5.41, 5.74) is 1.71. The molecule has 0 fully saturated rings. The zero-order valence-electron chi connectivity index (χ0n) is 15.7. The highest BCUT2D eigenvalue weighted by molar-refractivity contribution is 7.92. The molecule has 0 radical (unpaired) electrons. The van der Waals surface area contributed by atoms with E-state index < -0.39 is 32.8 Å². The lowest BCUT2D eigenvalue weighted by Gasteiger charge is -2.16. The molecule has 0 aromatic heterocycles. The SMILES string of the molecule is CCc1cccc(NS(=O)(=O)c2ccc(-c3ccc(F)cc3)cc2OC(F)(F)F)c1. The number of benzene rings is 3. The Balaban J connectivity index is 2.04. The summed E-state index contributed by atoms with van der Waals surface area (Å²) in [7, 11) is -4.38. The topological polar surface area (TPSA) is 55.4 Å². The highest BCUT2D eigenvalue weighted by Crippen LogP contribution is 2.35. The third-order valence-corrected chi connectivity index (χ3v) is 5.64. The Kier molecular flexibility index (Phi) is 6.02. The third-order valence-electron chi connectivity index (χ3n) is 4.22. The van der Waals surface area contributed by atoms with Crippen LogP contribution in [0.25, 0.3) is 11.1 Å². The smallest absolute Gasteiger partial charge is 0.404 e. The molecule has 0 bridgehead atoms. The molecule has 0 aliphatic rings. The third kappa shape index (κ3) is 5.29. The number of rotatable bonds is 6. The fraction of sp³-hybridized carbons (Fsp3) is 0.143. The Morgan fingerprint density at radius 1 is 0.933 bits per heavy atom. The van der Waals surface area contributed by atoms with Crippen molar-refractivity contribution in [2.45, 2.75) is 24.6 Å². The average molecular weight is 439 g/mol. The van der Waals surface area contributed by atoms with E-state index in [4.69, 9.17) is 0 Å². The van der Waals surface area contributed by atoms with Crippen molar-refractivity contribution in [3.8, 4) is 16.9 Å². The molecule has 0 aliphatic carbocycles. The zero-order chi connectivity index (χ0) is 21.9. The number of anilines is 1. The van der Waals surface area contributed by atoms with Gasteiger partial charge in [0, 0.05) is 5.69 Å². The number of hydrogen-bond acceptors (Lipinski definition) is 3. The van der Waals surface area contributed by atoms with E-state index in [-0.39, 0.29) is 11.3 Å². The summed E-state index contributed by atoms with van der Waals surface area (Å²) in [6.45, 7) is 1.89. The molecule has 9 heteroatoms. The van der Waals surface area contributed by atoms with Crippen molar-refractivity contribution in [2.75, 3.05) is 4.72 Å². The Morgan fingerprint density at radius 2 is 1.60 bits per heavy atom. The average Bonchev–Trinajstić information content (AvgIpc) is 2.67. The predicted octanol–water partition coefficient (Wildman–Crippen LogP) is 5.75. The van der Waals surface area contributed by atoms with Crippen LogP contribution in [0.3, 0.4) is 0 Å². The van der Waals surface area contributed by atoms with E-state index in [2.05, 4.69) is 9.46 Å². The lowest BCUT2D eigenvalue weighted by molar-refractivity contribution is -0.275. The number of aryl methyl sites for hydroxylation is 1. The minimum atomic E-state index is -5.10. The fourth-order valence-electron chi connectivity index (χ4n) is 2.82. The molecule has 3 rings (SSSR count). The molecular formula is C21H17F4NO3S. The van der Waals surface area contributed by atoms with E-state index in [0.29, 0.717) is 12.0 Å². The van der Waals surface area contributed by atoms with Crippen LogP contribution in [0.2, 0.25) is 0 Å². The largest absolute Gasteiger partial charge is 0.573 e. The van der Waals surface area contributed by atoms with Gasteiger partial charge in [-0.3, -0.25) is 4.72 Å². The van der Waals surface area contributed by atoms with Crippen molar-refractivity contribution in [3.05, 3.63) is 78.1 Å². The predicted molar refractivity (Wildman–Crippen MR) is 105 cm³/mol. The second-order valence-electron chi connectivity index (χ2n) is 6.38. The lowest BCUT2D eigenvalue weighted by Crippen LogP contribution is -2.21.